The van der Waals surface area contributed by atoms with Crippen LogP contribution in [0.15, 0.2) is 30.3 Å². The van der Waals surface area contributed by atoms with Gasteiger partial charge < -0.3 is 14.7 Å². The van der Waals surface area contributed by atoms with Crippen LogP contribution in [0.25, 0.3) is 0 Å². The Kier molecular flexibility index (Phi) is 5.55. The van der Waals surface area contributed by atoms with Gasteiger partial charge in [0, 0.05) is 6.54 Å². The van der Waals surface area contributed by atoms with Crippen molar-refractivity contribution in [2.45, 2.75) is 63.0 Å². The molecule has 1 saturated heterocycles. The van der Waals surface area contributed by atoms with Gasteiger partial charge in [-0.05, 0) is 56.4 Å². The molecule has 0 radical (unpaired) electrons. The average Bonchev–Trinajstić information content (AvgIpc) is 2.61. The van der Waals surface area contributed by atoms with Crippen LogP contribution in [-0.4, -0.2) is 41.4 Å². The largest absolute Gasteiger partial charge is 0.465 e. The topological polar surface area (TPSA) is 49.8 Å². The van der Waals surface area contributed by atoms with E-state index in [1.54, 1.807) is 4.90 Å². The fourth-order valence-corrected chi connectivity index (χ4v) is 3.96. The number of likely N-dealkylation sites (tertiary alicyclic amines) is 1. The third-order valence-electron chi connectivity index (χ3n) is 5.34. The quantitative estimate of drug-likeness (QED) is 0.902. The van der Waals surface area contributed by atoms with E-state index in [0.29, 0.717) is 25.2 Å². The summed E-state index contributed by atoms with van der Waals surface area (Å²) in [4.78, 5) is 12.9. The predicted octanol–water partition coefficient (Wildman–Crippen LogP) is 4.26. The summed E-state index contributed by atoms with van der Waals surface area (Å²) in [6.07, 6.45) is 7.02. The van der Waals surface area contributed by atoms with Crippen molar-refractivity contribution in [2.24, 2.45) is 0 Å². The molecule has 1 heterocycles. The Morgan fingerprint density at radius 1 is 1.09 bits per heavy atom. The van der Waals surface area contributed by atoms with E-state index < -0.39 is 6.09 Å². The number of benzene rings is 1. The number of hydrogen-bond donors (Lipinski definition) is 1. The van der Waals surface area contributed by atoms with E-state index in [4.69, 9.17) is 4.74 Å². The van der Waals surface area contributed by atoms with Crippen LogP contribution < -0.4 is 0 Å². The normalized spacial score (nSPS) is 28.5. The minimum Gasteiger partial charge on any atom is -0.465 e. The van der Waals surface area contributed by atoms with Gasteiger partial charge in [0.2, 0.25) is 0 Å². The molecule has 0 aromatic heterocycles. The highest BCUT2D eigenvalue weighted by molar-refractivity contribution is 5.65. The van der Waals surface area contributed by atoms with Gasteiger partial charge in [-0.2, -0.15) is 0 Å². The van der Waals surface area contributed by atoms with Crippen LogP contribution in [0.2, 0.25) is 0 Å². The summed E-state index contributed by atoms with van der Waals surface area (Å²) < 4.78 is 6.08. The fourth-order valence-electron chi connectivity index (χ4n) is 3.96. The lowest BCUT2D eigenvalue weighted by Gasteiger charge is -2.35. The summed E-state index contributed by atoms with van der Waals surface area (Å²) in [5.41, 5.74) is 1.44. The highest BCUT2D eigenvalue weighted by Crippen LogP contribution is 2.34. The first-order valence-electron chi connectivity index (χ1n) is 8.90. The number of amides is 1. The molecule has 126 valence electrons. The molecule has 0 bridgehead atoms. The Hall–Kier alpha value is -1.55. The van der Waals surface area contributed by atoms with Crippen LogP contribution in [0.5, 0.6) is 0 Å². The zero-order chi connectivity index (χ0) is 16.1. The number of carbonyl (C=O) groups is 1. The van der Waals surface area contributed by atoms with Crippen molar-refractivity contribution in [3.63, 3.8) is 0 Å². The molecule has 1 aromatic carbocycles. The summed E-state index contributed by atoms with van der Waals surface area (Å²) in [5, 5.41) is 9.28. The molecule has 1 aromatic rings. The summed E-state index contributed by atoms with van der Waals surface area (Å²) >= 11 is 0. The molecule has 23 heavy (non-hydrogen) atoms. The van der Waals surface area contributed by atoms with Crippen LogP contribution in [0.1, 0.15) is 56.4 Å². The Bertz CT molecular complexity index is 497. The van der Waals surface area contributed by atoms with Gasteiger partial charge in [-0.3, -0.25) is 0 Å². The molecule has 0 spiro atoms. The van der Waals surface area contributed by atoms with E-state index >= 15 is 0 Å². The Morgan fingerprint density at radius 3 is 2.52 bits per heavy atom. The van der Waals surface area contributed by atoms with Crippen molar-refractivity contribution >= 4 is 6.09 Å². The van der Waals surface area contributed by atoms with E-state index in [1.165, 1.54) is 18.4 Å². The van der Waals surface area contributed by atoms with E-state index in [1.807, 2.05) is 0 Å². The van der Waals surface area contributed by atoms with Gasteiger partial charge in [0.25, 0.3) is 0 Å². The molecule has 1 aliphatic heterocycles. The Morgan fingerprint density at radius 2 is 1.83 bits per heavy atom. The maximum absolute atomic E-state index is 11.3. The molecule has 1 unspecified atom stereocenters. The number of hydrogen-bond acceptors (Lipinski definition) is 2. The molecular weight excluding hydrogens is 290 g/mol. The van der Waals surface area contributed by atoms with Crippen molar-refractivity contribution in [3.8, 4) is 0 Å². The monoisotopic (exact) mass is 317 g/mol. The molecule has 1 atom stereocenters. The van der Waals surface area contributed by atoms with Gasteiger partial charge in [0.05, 0.1) is 18.8 Å². The first-order chi connectivity index (χ1) is 11.2. The molecule has 2 aliphatic rings. The number of ether oxygens (including phenoxy) is 1. The second kappa shape index (κ2) is 7.82. The second-order valence-electron chi connectivity index (χ2n) is 6.84. The molecule has 4 nitrogen and oxygen atoms in total. The lowest BCUT2D eigenvalue weighted by molar-refractivity contribution is -0.0162. The van der Waals surface area contributed by atoms with E-state index in [0.717, 1.165) is 32.1 Å². The molecule has 1 saturated carbocycles. The highest BCUT2D eigenvalue weighted by Gasteiger charge is 2.28. The summed E-state index contributed by atoms with van der Waals surface area (Å²) in [7, 11) is 0. The van der Waals surface area contributed by atoms with Gasteiger partial charge >= 0.3 is 6.09 Å². The van der Waals surface area contributed by atoms with Gasteiger partial charge in [-0.15, -0.1) is 0 Å². The van der Waals surface area contributed by atoms with Gasteiger partial charge in [-0.25, -0.2) is 4.79 Å². The lowest BCUT2D eigenvalue weighted by atomic mass is 9.83. The summed E-state index contributed by atoms with van der Waals surface area (Å²) in [6.45, 7) is 1.22. The van der Waals surface area contributed by atoms with Crippen LogP contribution in [0, 0.1) is 0 Å². The third-order valence-corrected chi connectivity index (χ3v) is 5.34. The Balaban J connectivity index is 1.44. The van der Waals surface area contributed by atoms with E-state index in [-0.39, 0.29) is 6.04 Å². The zero-order valence-electron chi connectivity index (χ0n) is 13.7. The minimum absolute atomic E-state index is 0.0492. The van der Waals surface area contributed by atoms with Crippen LogP contribution in [0.3, 0.4) is 0 Å². The van der Waals surface area contributed by atoms with Crippen LogP contribution in [0.4, 0.5) is 4.79 Å². The summed E-state index contributed by atoms with van der Waals surface area (Å²) in [6, 6.07) is 10.8. The standard InChI is InChI=1S/C19H27NO3/c21-19(22)20-13-5-4-8-17(20)14-23-18-11-9-16(10-12-18)15-6-2-1-3-7-15/h1-3,6-7,16-18H,4-5,8-14H2,(H,21,22). The van der Waals surface area contributed by atoms with Crippen molar-refractivity contribution in [1.82, 2.24) is 4.90 Å². The third kappa shape index (κ3) is 4.25. The molecule has 3 rings (SSSR count). The number of nitrogens with zero attached hydrogens (tertiary/aromatic N) is 1. The zero-order valence-corrected chi connectivity index (χ0v) is 13.7. The summed E-state index contributed by atoms with van der Waals surface area (Å²) in [5.74, 6) is 0.654. The smallest absolute Gasteiger partial charge is 0.407 e. The second-order valence-corrected chi connectivity index (χ2v) is 6.84. The molecular formula is C19H27NO3. The molecule has 4 heteroatoms. The maximum atomic E-state index is 11.3. The first-order valence-corrected chi connectivity index (χ1v) is 8.90. The van der Waals surface area contributed by atoms with Crippen molar-refractivity contribution in [2.75, 3.05) is 13.2 Å². The highest BCUT2D eigenvalue weighted by atomic mass is 16.5. The Labute approximate surface area is 138 Å². The molecule has 2 fully saturated rings. The fraction of sp³-hybridized carbons (Fsp3) is 0.632. The number of rotatable bonds is 4. The molecule has 1 N–H and O–H groups in total. The number of piperidine rings is 1. The van der Waals surface area contributed by atoms with Gasteiger partial charge in [0.1, 0.15) is 0 Å². The van der Waals surface area contributed by atoms with Gasteiger partial charge in [-0.1, -0.05) is 30.3 Å². The van der Waals surface area contributed by atoms with Crippen LogP contribution in [-0.2, 0) is 4.74 Å². The SMILES string of the molecule is O=C(O)N1CCCCC1COC1CCC(c2ccccc2)CC1. The minimum atomic E-state index is -0.800. The van der Waals surface area contributed by atoms with E-state index in [2.05, 4.69) is 30.3 Å². The molecule has 1 amide bonds. The lowest BCUT2D eigenvalue weighted by Crippen LogP contribution is -2.46. The van der Waals surface area contributed by atoms with Gasteiger partial charge in [0.15, 0.2) is 0 Å². The molecule has 1 aliphatic carbocycles. The maximum Gasteiger partial charge on any atom is 0.407 e. The van der Waals surface area contributed by atoms with Crippen molar-refractivity contribution < 1.29 is 14.6 Å². The van der Waals surface area contributed by atoms with E-state index in [9.17, 15) is 9.90 Å². The predicted molar refractivity (Wildman–Crippen MR) is 89.8 cm³/mol. The number of carboxylic acid groups (broad SMARTS) is 1. The van der Waals surface area contributed by atoms with Crippen LogP contribution >= 0.6 is 0 Å². The van der Waals surface area contributed by atoms with Crippen molar-refractivity contribution in [1.29, 1.82) is 0 Å². The van der Waals surface area contributed by atoms with Crippen molar-refractivity contribution in [3.05, 3.63) is 35.9 Å². The average molecular weight is 317 g/mol. The first kappa shape index (κ1) is 16.3.